The van der Waals surface area contributed by atoms with Crippen LogP contribution in [0.2, 0.25) is 0 Å². The Morgan fingerprint density at radius 1 is 0.578 bits per heavy atom. The van der Waals surface area contributed by atoms with Crippen molar-refractivity contribution in [1.29, 1.82) is 0 Å². The Balaban J connectivity index is 1.49. The Kier molecular flexibility index (Phi) is 18.1. The van der Waals surface area contributed by atoms with Crippen LogP contribution in [0.3, 0.4) is 0 Å². The summed E-state index contributed by atoms with van der Waals surface area (Å²) in [6, 6.07) is 20.2. The zero-order valence-electron chi connectivity index (χ0n) is 27.1. The Hall–Kier alpha value is -1.95. The highest BCUT2D eigenvalue weighted by Gasteiger charge is 2.34. The maximum atomic E-state index is 14.2. The van der Waals surface area contributed by atoms with Crippen LogP contribution in [0.4, 0.5) is 0 Å². The molecular weight excluding hydrogens is 715 g/mol. The molecule has 0 saturated heterocycles. The van der Waals surface area contributed by atoms with E-state index < -0.39 is 7.82 Å². The maximum absolute atomic E-state index is 14.2. The number of rotatable bonds is 24. The van der Waals surface area contributed by atoms with Gasteiger partial charge in [-0.1, -0.05) is 153 Å². The van der Waals surface area contributed by atoms with Crippen molar-refractivity contribution in [3.63, 3.8) is 0 Å². The van der Waals surface area contributed by atoms with E-state index >= 15 is 0 Å². The second-order valence-electron chi connectivity index (χ2n) is 11.6. The lowest BCUT2D eigenvalue weighted by molar-refractivity contribution is 0.290. The number of alkyl halides is 2. The van der Waals surface area contributed by atoms with Crippen molar-refractivity contribution in [1.82, 2.24) is 0 Å². The molecule has 0 amide bonds. The molecule has 0 fully saturated rings. The highest BCUT2D eigenvalue weighted by Crippen LogP contribution is 2.51. The Labute approximate surface area is 288 Å². The second-order valence-corrected chi connectivity index (χ2v) is 14.2. The summed E-state index contributed by atoms with van der Waals surface area (Å²) in [6.07, 6.45) is 18.5. The Morgan fingerprint density at radius 2 is 1.02 bits per heavy atom. The van der Waals surface area contributed by atoms with Crippen LogP contribution in [0.25, 0.3) is 0 Å². The molecule has 8 heteroatoms. The van der Waals surface area contributed by atoms with Crippen molar-refractivity contribution in [2.24, 2.45) is 0 Å². The lowest BCUT2D eigenvalue weighted by Gasteiger charge is -2.21. The molecule has 3 aromatic carbocycles. The fourth-order valence-electron chi connectivity index (χ4n) is 5.13. The Morgan fingerprint density at radius 3 is 1.51 bits per heavy atom. The van der Waals surface area contributed by atoms with E-state index in [1.807, 2.05) is 55.5 Å². The fourth-order valence-corrected chi connectivity index (χ4v) is 7.13. The van der Waals surface area contributed by atoms with Crippen molar-refractivity contribution in [2.75, 3.05) is 6.61 Å². The van der Waals surface area contributed by atoms with Gasteiger partial charge >= 0.3 is 7.82 Å². The van der Waals surface area contributed by atoms with E-state index in [-0.39, 0.29) is 0 Å². The normalized spacial score (nSPS) is 11.4. The van der Waals surface area contributed by atoms with Gasteiger partial charge in [-0.2, -0.15) is 4.57 Å². The largest absolute Gasteiger partial charge is 0.647 e. The summed E-state index contributed by atoms with van der Waals surface area (Å²) >= 11 is 6.93. The van der Waals surface area contributed by atoms with E-state index in [9.17, 15) is 4.57 Å². The van der Waals surface area contributed by atoms with Gasteiger partial charge in [0.1, 0.15) is 23.0 Å². The summed E-state index contributed by atoms with van der Waals surface area (Å²) in [5, 5.41) is 1.28. The number of ether oxygens (including phenoxy) is 1. The highest BCUT2D eigenvalue weighted by atomic mass is 79.9. The van der Waals surface area contributed by atoms with Crippen LogP contribution in [0.15, 0.2) is 66.7 Å². The van der Waals surface area contributed by atoms with Crippen molar-refractivity contribution in [2.45, 2.75) is 114 Å². The molecular formula is C37H51Br2O5P. The third kappa shape index (κ3) is 14.6. The van der Waals surface area contributed by atoms with Gasteiger partial charge < -0.3 is 18.3 Å². The summed E-state index contributed by atoms with van der Waals surface area (Å²) in [6.45, 7) is 4.81. The lowest BCUT2D eigenvalue weighted by atomic mass is 10.0. The molecule has 0 saturated carbocycles. The molecule has 0 aliphatic rings. The van der Waals surface area contributed by atoms with Gasteiger partial charge in [0.15, 0.2) is 0 Å². The molecule has 0 radical (unpaired) electrons. The minimum Gasteiger partial charge on any atom is -0.493 e. The predicted octanol–water partition coefficient (Wildman–Crippen LogP) is 13.3. The van der Waals surface area contributed by atoms with E-state index in [0.29, 0.717) is 40.3 Å². The average molecular weight is 767 g/mol. The monoisotopic (exact) mass is 764 g/mol. The van der Waals surface area contributed by atoms with E-state index in [1.54, 1.807) is 18.2 Å². The molecule has 5 nitrogen and oxygen atoms in total. The zero-order chi connectivity index (χ0) is 32.2. The third-order valence-electron chi connectivity index (χ3n) is 7.74. The van der Waals surface area contributed by atoms with Crippen LogP contribution >= 0.6 is 39.7 Å². The molecule has 3 rings (SSSR count). The third-order valence-corrected chi connectivity index (χ3v) is 10.3. The van der Waals surface area contributed by atoms with Gasteiger partial charge in [0.05, 0.1) is 6.61 Å². The first kappa shape index (κ1) is 37.5. The number of hydrogen-bond acceptors (Lipinski definition) is 5. The zero-order valence-corrected chi connectivity index (χ0v) is 31.2. The van der Waals surface area contributed by atoms with E-state index in [1.165, 1.54) is 77.0 Å². The second kappa shape index (κ2) is 21.8. The molecule has 45 heavy (non-hydrogen) atoms. The first-order chi connectivity index (χ1) is 22.0. The number of phosphoric acid groups is 1. The molecule has 0 heterocycles. The van der Waals surface area contributed by atoms with Crippen LogP contribution in [-0.4, -0.2) is 6.61 Å². The highest BCUT2D eigenvalue weighted by molar-refractivity contribution is 9.08. The number of hydrogen-bond donors (Lipinski definition) is 0. The van der Waals surface area contributed by atoms with Gasteiger partial charge in [-0.05, 0) is 60.9 Å². The van der Waals surface area contributed by atoms with Crippen molar-refractivity contribution in [3.05, 3.63) is 83.4 Å². The minimum absolute atomic E-state index is 0.394. The number of phosphoric ester groups is 1. The minimum atomic E-state index is -4.14. The molecule has 0 aliphatic heterocycles. The summed E-state index contributed by atoms with van der Waals surface area (Å²) in [5.74, 6) is 1.89. The molecule has 0 bridgehead atoms. The van der Waals surface area contributed by atoms with Crippen LogP contribution < -0.4 is 18.3 Å². The van der Waals surface area contributed by atoms with Crippen LogP contribution in [0, 0.1) is 6.92 Å². The van der Waals surface area contributed by atoms with Crippen molar-refractivity contribution in [3.8, 4) is 23.0 Å². The fraction of sp³-hybridized carbons (Fsp3) is 0.514. The molecule has 3 aromatic rings. The quantitative estimate of drug-likeness (QED) is 0.0516. The molecule has 0 unspecified atom stereocenters. The summed E-state index contributed by atoms with van der Waals surface area (Å²) in [7, 11) is -4.14. The van der Waals surface area contributed by atoms with Gasteiger partial charge in [-0.3, -0.25) is 0 Å². The smallest absolute Gasteiger partial charge is 0.493 e. The number of benzene rings is 3. The Bertz CT molecular complexity index is 1250. The lowest BCUT2D eigenvalue weighted by Crippen LogP contribution is -2.09. The standard InChI is InChI=1S/C37H51Br2O5P/c1-3-4-5-6-7-8-9-10-11-12-13-14-15-16-26-41-36-24-19-25-37(31(36)2)44-45(40,42-34-22-17-20-32(27-34)29-38)43-35-23-18-21-33(28-35)30-39/h17-25,27-28H,3-16,26,29-30H2,1-2H3. The van der Waals surface area contributed by atoms with Gasteiger partial charge in [-0.15, -0.1) is 0 Å². The van der Waals surface area contributed by atoms with Crippen LogP contribution in [0.1, 0.15) is 114 Å². The number of unbranched alkanes of at least 4 members (excludes halogenated alkanes) is 13. The first-order valence-electron chi connectivity index (χ1n) is 16.7. The van der Waals surface area contributed by atoms with Crippen molar-refractivity contribution < 1.29 is 22.9 Å². The molecule has 248 valence electrons. The first-order valence-corrected chi connectivity index (χ1v) is 20.4. The topological polar surface area (TPSA) is 54.0 Å². The molecule has 0 N–H and O–H groups in total. The molecule has 0 atom stereocenters. The average Bonchev–Trinajstić information content (AvgIpc) is 3.04. The van der Waals surface area contributed by atoms with Gasteiger partial charge in [0, 0.05) is 16.2 Å². The van der Waals surface area contributed by atoms with E-state index in [4.69, 9.17) is 18.3 Å². The van der Waals surface area contributed by atoms with E-state index in [2.05, 4.69) is 38.8 Å². The molecule has 0 spiro atoms. The molecule has 0 aliphatic carbocycles. The van der Waals surface area contributed by atoms with Crippen LogP contribution in [0.5, 0.6) is 23.0 Å². The van der Waals surface area contributed by atoms with Crippen LogP contribution in [-0.2, 0) is 15.2 Å². The summed E-state index contributed by atoms with van der Waals surface area (Å²) in [5.41, 5.74) is 2.71. The predicted molar refractivity (Wildman–Crippen MR) is 195 cm³/mol. The van der Waals surface area contributed by atoms with Crippen molar-refractivity contribution >= 4 is 39.7 Å². The van der Waals surface area contributed by atoms with Gasteiger partial charge in [-0.25, -0.2) is 0 Å². The molecule has 0 aromatic heterocycles. The summed E-state index contributed by atoms with van der Waals surface area (Å²) in [4.78, 5) is 0. The number of halogens is 2. The van der Waals surface area contributed by atoms with Gasteiger partial charge in [0.2, 0.25) is 0 Å². The van der Waals surface area contributed by atoms with Gasteiger partial charge in [0.25, 0.3) is 0 Å². The SMILES string of the molecule is CCCCCCCCCCCCCCCCOc1cccc(OP(=O)(Oc2cccc(CBr)c2)Oc2cccc(CBr)c2)c1C. The maximum Gasteiger partial charge on any atom is 0.647 e. The van der Waals surface area contributed by atoms with E-state index in [0.717, 1.165) is 29.5 Å². The summed E-state index contributed by atoms with van der Waals surface area (Å²) < 4.78 is 38.3.